The number of hydrogen-bond acceptors (Lipinski definition) is 4. The van der Waals surface area contributed by atoms with Crippen molar-refractivity contribution in [2.75, 3.05) is 13.7 Å². The van der Waals surface area contributed by atoms with Gasteiger partial charge in [-0.05, 0) is 30.4 Å². The number of carbonyl (C=O) groups is 2. The summed E-state index contributed by atoms with van der Waals surface area (Å²) >= 11 is 3.44. The van der Waals surface area contributed by atoms with Gasteiger partial charge in [0.15, 0.2) is 0 Å². The second kappa shape index (κ2) is 8.98. The van der Waals surface area contributed by atoms with Crippen molar-refractivity contribution in [2.24, 2.45) is 11.8 Å². The number of halogens is 1. The molecule has 1 fully saturated rings. The number of nitrogens with zero attached hydrogens (tertiary/aromatic N) is 2. The molecule has 0 bridgehead atoms. The zero-order chi connectivity index (χ0) is 21.1. The molecule has 0 unspecified atom stereocenters. The van der Waals surface area contributed by atoms with E-state index in [1.54, 1.807) is 0 Å². The molecule has 29 heavy (non-hydrogen) atoms. The number of ether oxygens (including phenoxy) is 1. The first kappa shape index (κ1) is 21.4. The van der Waals surface area contributed by atoms with E-state index in [4.69, 9.17) is 9.72 Å². The Morgan fingerprint density at radius 3 is 2.62 bits per heavy atom. The third-order valence-electron chi connectivity index (χ3n) is 5.24. The molecule has 0 radical (unpaired) electrons. The zero-order valence-corrected chi connectivity index (χ0v) is 18.7. The predicted molar refractivity (Wildman–Crippen MR) is 114 cm³/mol. The summed E-state index contributed by atoms with van der Waals surface area (Å²) in [6.45, 7) is 6.57. The summed E-state index contributed by atoms with van der Waals surface area (Å²) in [6.07, 6.45) is 2.09. The molecule has 0 spiro atoms. The minimum Gasteiger partial charge on any atom is -0.453 e. The molecule has 2 heterocycles. The first-order valence-corrected chi connectivity index (χ1v) is 10.6. The minimum atomic E-state index is -0.642. The van der Waals surface area contributed by atoms with Crippen LogP contribution in [0.25, 0.3) is 11.3 Å². The summed E-state index contributed by atoms with van der Waals surface area (Å²) in [5.41, 5.74) is 1.85. The lowest BCUT2D eigenvalue weighted by Crippen LogP contribution is -2.51. The van der Waals surface area contributed by atoms with Crippen LogP contribution in [0.2, 0.25) is 0 Å². The first-order chi connectivity index (χ1) is 13.8. The van der Waals surface area contributed by atoms with Crippen molar-refractivity contribution in [3.63, 3.8) is 0 Å². The lowest BCUT2D eigenvalue weighted by atomic mass is 10.0. The van der Waals surface area contributed by atoms with Gasteiger partial charge in [0.1, 0.15) is 11.9 Å². The number of amides is 2. The van der Waals surface area contributed by atoms with Crippen LogP contribution in [0.3, 0.4) is 0 Å². The van der Waals surface area contributed by atoms with E-state index < -0.39 is 12.1 Å². The van der Waals surface area contributed by atoms with E-state index in [0.29, 0.717) is 12.5 Å². The molecule has 1 aliphatic rings. The van der Waals surface area contributed by atoms with Gasteiger partial charge in [-0.25, -0.2) is 9.78 Å². The SMILES string of the molecule is COC(=O)N[C@@H](C(=O)N1C[C@@H](C)C[C@H]1c1nc(-c2ccc(Br)cc2)c[nH]1)C(C)C. The third kappa shape index (κ3) is 4.80. The highest BCUT2D eigenvalue weighted by Crippen LogP contribution is 2.35. The Morgan fingerprint density at radius 1 is 1.31 bits per heavy atom. The average Bonchev–Trinajstić information content (AvgIpc) is 3.32. The lowest BCUT2D eigenvalue weighted by Gasteiger charge is -2.30. The molecule has 1 saturated heterocycles. The molecule has 2 N–H and O–H groups in total. The van der Waals surface area contributed by atoms with Crippen LogP contribution in [0.15, 0.2) is 34.9 Å². The van der Waals surface area contributed by atoms with Crippen LogP contribution in [-0.2, 0) is 9.53 Å². The molecular formula is C21H27BrN4O3. The van der Waals surface area contributed by atoms with Crippen molar-refractivity contribution in [1.82, 2.24) is 20.2 Å². The van der Waals surface area contributed by atoms with Gasteiger partial charge < -0.3 is 19.9 Å². The second-order valence-electron chi connectivity index (χ2n) is 7.88. The van der Waals surface area contributed by atoms with Crippen LogP contribution in [0.1, 0.15) is 39.1 Å². The molecule has 7 nitrogen and oxygen atoms in total. The Balaban J connectivity index is 1.84. The number of methoxy groups -OCH3 is 1. The summed E-state index contributed by atoms with van der Waals surface area (Å²) in [5.74, 6) is 0.937. The molecule has 2 amide bonds. The molecule has 1 aliphatic heterocycles. The number of carbonyl (C=O) groups excluding carboxylic acids is 2. The van der Waals surface area contributed by atoms with E-state index >= 15 is 0 Å². The number of alkyl carbamates (subject to hydrolysis) is 1. The van der Waals surface area contributed by atoms with Crippen LogP contribution in [0.4, 0.5) is 4.79 Å². The molecule has 156 valence electrons. The Bertz CT molecular complexity index is 865. The topological polar surface area (TPSA) is 87.3 Å². The lowest BCUT2D eigenvalue weighted by molar-refractivity contribution is -0.135. The molecule has 1 aromatic carbocycles. The van der Waals surface area contributed by atoms with Gasteiger partial charge in [-0.15, -0.1) is 0 Å². The van der Waals surface area contributed by atoms with Crippen LogP contribution >= 0.6 is 15.9 Å². The van der Waals surface area contributed by atoms with E-state index in [9.17, 15) is 9.59 Å². The van der Waals surface area contributed by atoms with E-state index in [2.05, 4.69) is 33.2 Å². The molecule has 0 aliphatic carbocycles. The molecular weight excluding hydrogens is 436 g/mol. The van der Waals surface area contributed by atoms with Crippen molar-refractivity contribution < 1.29 is 14.3 Å². The highest BCUT2D eigenvalue weighted by Gasteiger charge is 2.40. The molecule has 3 atom stereocenters. The molecule has 1 aromatic heterocycles. The van der Waals surface area contributed by atoms with Gasteiger partial charge in [-0.3, -0.25) is 4.79 Å². The molecule has 0 saturated carbocycles. The number of aromatic amines is 1. The van der Waals surface area contributed by atoms with Gasteiger partial charge in [0.2, 0.25) is 5.91 Å². The maximum absolute atomic E-state index is 13.3. The van der Waals surface area contributed by atoms with Gasteiger partial charge in [0.05, 0.1) is 18.8 Å². The van der Waals surface area contributed by atoms with Crippen molar-refractivity contribution >= 4 is 27.9 Å². The highest BCUT2D eigenvalue weighted by molar-refractivity contribution is 9.10. The monoisotopic (exact) mass is 462 g/mol. The van der Waals surface area contributed by atoms with Crippen molar-refractivity contribution in [2.45, 2.75) is 39.3 Å². The Labute approximate surface area is 179 Å². The minimum absolute atomic E-state index is 0.0620. The number of nitrogens with one attached hydrogen (secondary N) is 2. The molecule has 2 aromatic rings. The highest BCUT2D eigenvalue weighted by atomic mass is 79.9. The van der Waals surface area contributed by atoms with Crippen LogP contribution in [0.5, 0.6) is 0 Å². The molecule has 8 heteroatoms. The number of H-pyrrole nitrogens is 1. The third-order valence-corrected chi connectivity index (χ3v) is 5.77. The quantitative estimate of drug-likeness (QED) is 0.698. The Kier molecular flexibility index (Phi) is 6.62. The zero-order valence-electron chi connectivity index (χ0n) is 17.1. The van der Waals surface area contributed by atoms with Crippen LogP contribution in [0, 0.1) is 11.8 Å². The Morgan fingerprint density at radius 2 is 2.00 bits per heavy atom. The van der Waals surface area contributed by atoms with Gasteiger partial charge in [0.25, 0.3) is 0 Å². The fourth-order valence-electron chi connectivity index (χ4n) is 3.70. The largest absolute Gasteiger partial charge is 0.453 e. The number of aromatic nitrogens is 2. The van der Waals surface area contributed by atoms with Crippen molar-refractivity contribution in [1.29, 1.82) is 0 Å². The summed E-state index contributed by atoms with van der Waals surface area (Å²) in [6, 6.07) is 7.16. The summed E-state index contributed by atoms with van der Waals surface area (Å²) in [7, 11) is 1.30. The van der Waals surface area contributed by atoms with Crippen LogP contribution in [-0.4, -0.2) is 46.6 Å². The van der Waals surface area contributed by atoms with Crippen molar-refractivity contribution in [3.8, 4) is 11.3 Å². The standard InChI is InChI=1S/C21H27BrN4O3/c1-12(2)18(25-21(28)29-4)20(27)26-11-13(3)9-17(26)19-23-10-16(24-19)14-5-7-15(22)8-6-14/h5-8,10,12-13,17-18H,9,11H2,1-4H3,(H,23,24)(H,25,28)/t13-,17-,18+/m0/s1. The van der Waals surface area contributed by atoms with Crippen molar-refractivity contribution in [3.05, 3.63) is 40.8 Å². The average molecular weight is 463 g/mol. The van der Waals surface area contributed by atoms with E-state index in [0.717, 1.165) is 28.0 Å². The van der Waals surface area contributed by atoms with Gasteiger partial charge in [0, 0.05) is 22.8 Å². The maximum atomic E-state index is 13.3. The van der Waals surface area contributed by atoms with E-state index in [1.165, 1.54) is 7.11 Å². The number of imidazole rings is 1. The summed E-state index contributed by atoms with van der Waals surface area (Å²) < 4.78 is 5.70. The van der Waals surface area contributed by atoms with Gasteiger partial charge in [-0.2, -0.15) is 0 Å². The number of rotatable bonds is 5. The van der Waals surface area contributed by atoms with Gasteiger partial charge in [-0.1, -0.05) is 48.8 Å². The molecule has 3 rings (SSSR count). The van der Waals surface area contributed by atoms with Crippen LogP contribution < -0.4 is 5.32 Å². The number of likely N-dealkylation sites (tertiary alicyclic amines) is 1. The normalized spacial score (nSPS) is 20.0. The van der Waals surface area contributed by atoms with E-state index in [1.807, 2.05) is 49.2 Å². The second-order valence-corrected chi connectivity index (χ2v) is 8.80. The predicted octanol–water partition coefficient (Wildman–Crippen LogP) is 4.13. The number of benzene rings is 1. The summed E-state index contributed by atoms with van der Waals surface area (Å²) in [4.78, 5) is 34.9. The fraction of sp³-hybridized carbons (Fsp3) is 0.476. The maximum Gasteiger partial charge on any atom is 0.407 e. The Hall–Kier alpha value is -2.35. The first-order valence-electron chi connectivity index (χ1n) is 9.76. The van der Waals surface area contributed by atoms with E-state index in [-0.39, 0.29) is 17.9 Å². The smallest absolute Gasteiger partial charge is 0.407 e. The summed E-state index contributed by atoms with van der Waals surface area (Å²) in [5, 5.41) is 2.68. The fourth-order valence-corrected chi connectivity index (χ4v) is 3.97. The van der Waals surface area contributed by atoms with Gasteiger partial charge >= 0.3 is 6.09 Å². The number of hydrogen-bond donors (Lipinski definition) is 2.